The number of amides is 1. The molecule has 2 heterocycles. The van der Waals surface area contributed by atoms with Crippen molar-refractivity contribution in [2.24, 2.45) is 0 Å². The van der Waals surface area contributed by atoms with Gasteiger partial charge in [0.05, 0.1) is 11.0 Å². The third-order valence-electron chi connectivity index (χ3n) is 5.05. The number of aromatic nitrogens is 2. The number of rotatable bonds is 7. The van der Waals surface area contributed by atoms with E-state index in [4.69, 9.17) is 0 Å². The number of aryl methyl sites for hydroxylation is 1. The number of carbonyl (C=O) groups excluding carboxylic acids is 1. The molecule has 2 N–H and O–H groups in total. The lowest BCUT2D eigenvalue weighted by Gasteiger charge is -2.23. The Morgan fingerprint density at radius 2 is 2.32 bits per heavy atom. The Morgan fingerprint density at radius 1 is 1.48 bits per heavy atom. The molecule has 6 heteroatoms. The maximum absolute atomic E-state index is 12.1. The number of hydrogen-bond donors (Lipinski definition) is 2. The zero-order valence-corrected chi connectivity index (χ0v) is 15.5. The Morgan fingerprint density at radius 3 is 3.08 bits per heavy atom. The van der Waals surface area contributed by atoms with Crippen LogP contribution in [0.2, 0.25) is 0 Å². The number of hydrogen-bond acceptors (Lipinski definition) is 4. The molecule has 0 bridgehead atoms. The van der Waals surface area contributed by atoms with Gasteiger partial charge in [-0.3, -0.25) is 4.79 Å². The molecule has 1 saturated heterocycles. The van der Waals surface area contributed by atoms with Gasteiger partial charge in [-0.25, -0.2) is 4.98 Å². The van der Waals surface area contributed by atoms with Gasteiger partial charge in [-0.2, -0.15) is 0 Å². The van der Waals surface area contributed by atoms with Crippen LogP contribution in [0.4, 0.5) is 0 Å². The zero-order chi connectivity index (χ0) is 17.8. The SMILES string of the molecule is Cc1ccc2nc(CCNC(=O)CCN(C)[C@@H]3CCN(C)C3)[nH]c2c1. The standard InChI is InChI=1S/C19H29N5O/c1-14-4-5-16-17(12-14)22-18(21-16)6-9-20-19(25)8-11-24(3)15-7-10-23(2)13-15/h4-5,12,15H,6-11,13H2,1-3H3,(H,20,25)(H,21,22)/t15-/m1/s1. The number of nitrogens with zero attached hydrogens (tertiary/aromatic N) is 3. The molecule has 6 nitrogen and oxygen atoms in total. The summed E-state index contributed by atoms with van der Waals surface area (Å²) in [6.45, 7) is 5.75. The second kappa shape index (κ2) is 7.97. The highest BCUT2D eigenvalue weighted by molar-refractivity contribution is 5.76. The number of likely N-dealkylation sites (tertiary alicyclic amines) is 1. The molecule has 1 aliphatic rings. The van der Waals surface area contributed by atoms with Gasteiger partial charge in [0.15, 0.2) is 0 Å². The molecule has 0 spiro atoms. The van der Waals surface area contributed by atoms with Gasteiger partial charge >= 0.3 is 0 Å². The number of nitrogens with one attached hydrogen (secondary N) is 2. The Hall–Kier alpha value is -1.92. The first-order valence-electron chi connectivity index (χ1n) is 9.12. The largest absolute Gasteiger partial charge is 0.356 e. The summed E-state index contributed by atoms with van der Waals surface area (Å²) in [5, 5.41) is 3.01. The van der Waals surface area contributed by atoms with E-state index in [2.05, 4.69) is 58.2 Å². The van der Waals surface area contributed by atoms with Crippen LogP contribution in [0.15, 0.2) is 18.2 Å². The number of likely N-dealkylation sites (N-methyl/N-ethyl adjacent to an activating group) is 2. The monoisotopic (exact) mass is 343 g/mol. The van der Waals surface area contributed by atoms with Gasteiger partial charge in [0, 0.05) is 38.5 Å². The van der Waals surface area contributed by atoms with Gasteiger partial charge in [0.1, 0.15) is 5.82 Å². The number of aromatic amines is 1. The minimum absolute atomic E-state index is 0.116. The van der Waals surface area contributed by atoms with E-state index in [0.29, 0.717) is 19.0 Å². The smallest absolute Gasteiger partial charge is 0.221 e. The predicted octanol–water partition coefficient (Wildman–Crippen LogP) is 1.56. The summed E-state index contributed by atoms with van der Waals surface area (Å²) in [5.74, 6) is 1.04. The van der Waals surface area contributed by atoms with Crippen molar-refractivity contribution in [3.05, 3.63) is 29.6 Å². The topological polar surface area (TPSA) is 64.3 Å². The van der Waals surface area contributed by atoms with Crippen molar-refractivity contribution in [3.63, 3.8) is 0 Å². The Labute approximate surface area is 149 Å². The van der Waals surface area contributed by atoms with Crippen LogP contribution in [0.3, 0.4) is 0 Å². The van der Waals surface area contributed by atoms with E-state index in [1.54, 1.807) is 0 Å². The van der Waals surface area contributed by atoms with Gasteiger partial charge < -0.3 is 20.1 Å². The van der Waals surface area contributed by atoms with Gasteiger partial charge in [0.25, 0.3) is 0 Å². The summed E-state index contributed by atoms with van der Waals surface area (Å²) >= 11 is 0. The summed E-state index contributed by atoms with van der Waals surface area (Å²) in [7, 11) is 4.27. The molecule has 136 valence electrons. The molecule has 1 aromatic heterocycles. The molecule has 3 rings (SSSR count). The number of imidazole rings is 1. The fourth-order valence-electron chi connectivity index (χ4n) is 3.44. The van der Waals surface area contributed by atoms with Crippen LogP contribution in [0.1, 0.15) is 24.2 Å². The number of carbonyl (C=O) groups is 1. The summed E-state index contributed by atoms with van der Waals surface area (Å²) in [4.78, 5) is 24.6. The first kappa shape index (κ1) is 17.9. The lowest BCUT2D eigenvalue weighted by molar-refractivity contribution is -0.121. The number of benzene rings is 1. The molecule has 2 aromatic rings. The summed E-state index contributed by atoms with van der Waals surface area (Å²) in [6, 6.07) is 6.77. The van der Waals surface area contributed by atoms with Crippen LogP contribution in [-0.4, -0.2) is 72.0 Å². The Kier molecular flexibility index (Phi) is 5.71. The number of fused-ring (bicyclic) bond motifs is 1. The van der Waals surface area contributed by atoms with E-state index < -0.39 is 0 Å². The van der Waals surface area contributed by atoms with Crippen LogP contribution in [-0.2, 0) is 11.2 Å². The lowest BCUT2D eigenvalue weighted by Crippen LogP contribution is -2.37. The van der Waals surface area contributed by atoms with Crippen LogP contribution in [0, 0.1) is 6.92 Å². The fraction of sp³-hybridized carbons (Fsp3) is 0.579. The van der Waals surface area contributed by atoms with Crippen molar-refractivity contribution in [2.45, 2.75) is 32.2 Å². The summed E-state index contributed by atoms with van der Waals surface area (Å²) in [6.07, 6.45) is 2.47. The van der Waals surface area contributed by atoms with Crippen molar-refractivity contribution in [3.8, 4) is 0 Å². The molecule has 0 aliphatic carbocycles. The predicted molar refractivity (Wildman–Crippen MR) is 101 cm³/mol. The second-order valence-electron chi connectivity index (χ2n) is 7.24. The van der Waals surface area contributed by atoms with Crippen LogP contribution in [0.5, 0.6) is 0 Å². The lowest BCUT2D eigenvalue weighted by atomic mass is 10.2. The van der Waals surface area contributed by atoms with Crippen LogP contribution < -0.4 is 5.32 Å². The van der Waals surface area contributed by atoms with E-state index in [1.807, 2.05) is 6.07 Å². The first-order chi connectivity index (χ1) is 12.0. The molecular weight excluding hydrogens is 314 g/mol. The third kappa shape index (κ3) is 4.80. The van der Waals surface area contributed by atoms with Crippen LogP contribution in [0.25, 0.3) is 11.0 Å². The van der Waals surface area contributed by atoms with Crippen molar-refractivity contribution in [2.75, 3.05) is 40.3 Å². The average Bonchev–Trinajstić information content (AvgIpc) is 3.18. The molecule has 0 radical (unpaired) electrons. The van der Waals surface area contributed by atoms with E-state index in [9.17, 15) is 4.79 Å². The fourth-order valence-corrected chi connectivity index (χ4v) is 3.44. The normalized spacial score (nSPS) is 18.3. The third-order valence-corrected chi connectivity index (χ3v) is 5.05. The molecule has 1 aliphatic heterocycles. The highest BCUT2D eigenvalue weighted by Crippen LogP contribution is 2.14. The zero-order valence-electron chi connectivity index (χ0n) is 15.5. The molecule has 0 saturated carbocycles. The molecule has 1 aromatic carbocycles. The maximum Gasteiger partial charge on any atom is 0.221 e. The molecule has 0 unspecified atom stereocenters. The quantitative estimate of drug-likeness (QED) is 0.801. The van der Waals surface area contributed by atoms with Gasteiger partial charge in [-0.1, -0.05) is 6.07 Å². The van der Waals surface area contributed by atoms with E-state index in [1.165, 1.54) is 12.0 Å². The number of H-pyrrole nitrogens is 1. The minimum Gasteiger partial charge on any atom is -0.356 e. The Balaban J connectivity index is 1.38. The minimum atomic E-state index is 0.116. The van der Waals surface area contributed by atoms with Gasteiger partial charge in [-0.15, -0.1) is 0 Å². The highest BCUT2D eigenvalue weighted by Gasteiger charge is 2.23. The van der Waals surface area contributed by atoms with E-state index in [-0.39, 0.29) is 5.91 Å². The van der Waals surface area contributed by atoms with E-state index >= 15 is 0 Å². The van der Waals surface area contributed by atoms with Gasteiger partial charge in [0.2, 0.25) is 5.91 Å². The van der Waals surface area contributed by atoms with Crippen LogP contribution >= 0.6 is 0 Å². The molecular formula is C19H29N5O. The van der Waals surface area contributed by atoms with Gasteiger partial charge in [-0.05, 0) is 51.7 Å². The summed E-state index contributed by atoms with van der Waals surface area (Å²) < 4.78 is 0. The van der Waals surface area contributed by atoms with Crippen molar-refractivity contribution in [1.29, 1.82) is 0 Å². The average molecular weight is 343 g/mol. The molecule has 1 fully saturated rings. The highest BCUT2D eigenvalue weighted by atomic mass is 16.1. The molecule has 25 heavy (non-hydrogen) atoms. The Bertz CT molecular complexity index is 726. The van der Waals surface area contributed by atoms with Crippen molar-refractivity contribution in [1.82, 2.24) is 25.1 Å². The van der Waals surface area contributed by atoms with Crippen molar-refractivity contribution < 1.29 is 4.79 Å². The van der Waals surface area contributed by atoms with Crippen molar-refractivity contribution >= 4 is 16.9 Å². The maximum atomic E-state index is 12.1. The first-order valence-corrected chi connectivity index (χ1v) is 9.12. The second-order valence-corrected chi connectivity index (χ2v) is 7.24. The van der Waals surface area contributed by atoms with E-state index in [0.717, 1.165) is 42.9 Å². The molecule has 1 amide bonds. The summed E-state index contributed by atoms with van der Waals surface area (Å²) in [5.41, 5.74) is 3.26. The molecule has 1 atom stereocenters.